The monoisotopic (exact) mass is 332 g/mol. The van der Waals surface area contributed by atoms with Gasteiger partial charge in [-0.2, -0.15) is 10.2 Å². The van der Waals surface area contributed by atoms with E-state index < -0.39 is 5.56 Å². The van der Waals surface area contributed by atoms with Gasteiger partial charge in [-0.05, 0) is 28.1 Å². The molecule has 2 heterocycles. The van der Waals surface area contributed by atoms with Gasteiger partial charge in [0.05, 0.1) is 16.2 Å². The standard InChI is InChI=1S/C9H6BrClN4OS/c10-7-2-1-5(17-7)3-12-14-6-4-13-15-9(16)8(6)11/h1-4H,(H2,14,15,16)/b12-3-. The number of anilines is 1. The molecule has 0 amide bonds. The Morgan fingerprint density at radius 1 is 1.59 bits per heavy atom. The quantitative estimate of drug-likeness (QED) is 0.670. The van der Waals surface area contributed by atoms with Crippen molar-refractivity contribution < 1.29 is 0 Å². The Kier molecular flexibility index (Phi) is 3.93. The lowest BCUT2D eigenvalue weighted by Gasteiger charge is -1.99. The zero-order chi connectivity index (χ0) is 12.3. The highest BCUT2D eigenvalue weighted by molar-refractivity contribution is 9.11. The van der Waals surface area contributed by atoms with Gasteiger partial charge >= 0.3 is 0 Å². The van der Waals surface area contributed by atoms with E-state index in [2.05, 4.69) is 36.7 Å². The molecule has 0 aliphatic heterocycles. The van der Waals surface area contributed by atoms with Gasteiger partial charge in [-0.3, -0.25) is 10.2 Å². The SMILES string of the molecule is O=c1[nH]ncc(N/N=C\c2ccc(Br)s2)c1Cl. The fraction of sp³-hybridized carbons (Fsp3) is 0. The van der Waals surface area contributed by atoms with Crippen molar-refractivity contribution in [1.29, 1.82) is 0 Å². The molecule has 2 aromatic rings. The van der Waals surface area contributed by atoms with Gasteiger partial charge in [0.1, 0.15) is 10.7 Å². The van der Waals surface area contributed by atoms with Crippen molar-refractivity contribution in [2.75, 3.05) is 5.43 Å². The smallest absolute Gasteiger partial charge is 0.275 e. The molecular formula is C9H6BrClN4OS. The summed E-state index contributed by atoms with van der Waals surface area (Å²) in [5.74, 6) is 0. The van der Waals surface area contributed by atoms with E-state index in [9.17, 15) is 4.79 Å². The van der Waals surface area contributed by atoms with Crippen LogP contribution < -0.4 is 11.0 Å². The first-order valence-corrected chi connectivity index (χ1v) is 6.43. The molecule has 2 rings (SSSR count). The maximum Gasteiger partial charge on any atom is 0.285 e. The van der Waals surface area contributed by atoms with Crippen LogP contribution in [0.2, 0.25) is 5.02 Å². The Hall–Kier alpha value is -1.18. The molecule has 2 N–H and O–H groups in total. The number of nitrogens with one attached hydrogen (secondary N) is 2. The van der Waals surface area contributed by atoms with Crippen molar-refractivity contribution in [3.8, 4) is 0 Å². The van der Waals surface area contributed by atoms with Crippen LogP contribution in [-0.4, -0.2) is 16.4 Å². The first kappa shape index (κ1) is 12.3. The van der Waals surface area contributed by atoms with E-state index >= 15 is 0 Å². The van der Waals surface area contributed by atoms with E-state index in [-0.39, 0.29) is 5.02 Å². The van der Waals surface area contributed by atoms with Gasteiger partial charge in [-0.1, -0.05) is 11.6 Å². The first-order valence-electron chi connectivity index (χ1n) is 4.44. The zero-order valence-corrected chi connectivity index (χ0v) is 11.4. The van der Waals surface area contributed by atoms with Gasteiger partial charge in [0.2, 0.25) is 0 Å². The predicted molar refractivity (Wildman–Crippen MR) is 73.1 cm³/mol. The number of halogens is 2. The number of nitrogens with zero attached hydrogens (tertiary/aromatic N) is 2. The van der Waals surface area contributed by atoms with Crippen molar-refractivity contribution >= 4 is 50.8 Å². The third-order valence-corrected chi connectivity index (χ3v) is 3.70. The summed E-state index contributed by atoms with van der Waals surface area (Å²) in [5, 5.41) is 9.83. The summed E-state index contributed by atoms with van der Waals surface area (Å²) in [7, 11) is 0. The summed E-state index contributed by atoms with van der Waals surface area (Å²) in [4.78, 5) is 12.1. The molecule has 5 nitrogen and oxygen atoms in total. The summed E-state index contributed by atoms with van der Waals surface area (Å²) >= 11 is 10.6. The van der Waals surface area contributed by atoms with Crippen LogP contribution >= 0.6 is 38.9 Å². The number of thiophene rings is 1. The van der Waals surface area contributed by atoms with Gasteiger partial charge in [-0.15, -0.1) is 11.3 Å². The average Bonchev–Trinajstić information content (AvgIpc) is 2.70. The second-order valence-corrected chi connectivity index (χ2v) is 5.81. The summed E-state index contributed by atoms with van der Waals surface area (Å²) < 4.78 is 1.02. The summed E-state index contributed by atoms with van der Waals surface area (Å²) in [6.07, 6.45) is 3.03. The lowest BCUT2D eigenvalue weighted by Crippen LogP contribution is -2.09. The molecule has 0 aliphatic carbocycles. The van der Waals surface area contributed by atoms with Gasteiger partial charge in [0, 0.05) is 4.88 Å². The lowest BCUT2D eigenvalue weighted by atomic mass is 10.5. The molecule has 0 atom stereocenters. The van der Waals surface area contributed by atoms with Crippen LogP contribution in [0.4, 0.5) is 5.69 Å². The van der Waals surface area contributed by atoms with Gasteiger partial charge in [0.15, 0.2) is 0 Å². The van der Waals surface area contributed by atoms with E-state index in [1.165, 1.54) is 6.20 Å². The largest absolute Gasteiger partial charge is 0.285 e. The second kappa shape index (κ2) is 5.44. The van der Waals surface area contributed by atoms with Gasteiger partial charge < -0.3 is 0 Å². The minimum absolute atomic E-state index is 0.0320. The van der Waals surface area contributed by atoms with Crippen LogP contribution in [-0.2, 0) is 0 Å². The molecule has 17 heavy (non-hydrogen) atoms. The van der Waals surface area contributed by atoms with Gasteiger partial charge in [0.25, 0.3) is 5.56 Å². The zero-order valence-electron chi connectivity index (χ0n) is 8.28. The van der Waals surface area contributed by atoms with Crippen molar-refractivity contribution in [2.24, 2.45) is 5.10 Å². The molecule has 88 valence electrons. The Bertz CT molecular complexity index is 609. The molecule has 0 saturated heterocycles. The molecule has 0 spiro atoms. The van der Waals surface area contributed by atoms with Crippen molar-refractivity contribution in [2.45, 2.75) is 0 Å². The Balaban J connectivity index is 2.10. The summed E-state index contributed by atoms with van der Waals surface area (Å²) in [6.45, 7) is 0. The third kappa shape index (κ3) is 3.15. The minimum Gasteiger partial charge on any atom is -0.275 e. The molecule has 0 aromatic carbocycles. The molecule has 0 saturated carbocycles. The number of hydrogen-bond donors (Lipinski definition) is 2. The molecule has 0 bridgehead atoms. The molecule has 2 aromatic heterocycles. The molecule has 0 fully saturated rings. The fourth-order valence-electron chi connectivity index (χ4n) is 1.02. The highest BCUT2D eigenvalue weighted by atomic mass is 79.9. The number of aromatic amines is 1. The van der Waals surface area contributed by atoms with Crippen LogP contribution in [0.1, 0.15) is 4.88 Å². The number of hydrazone groups is 1. The number of hydrogen-bond acceptors (Lipinski definition) is 5. The van der Waals surface area contributed by atoms with E-state index in [1.54, 1.807) is 17.6 Å². The molecule has 0 radical (unpaired) electrons. The highest BCUT2D eigenvalue weighted by Gasteiger charge is 2.02. The summed E-state index contributed by atoms with van der Waals surface area (Å²) in [6, 6.07) is 3.84. The normalized spacial score (nSPS) is 10.9. The van der Waals surface area contributed by atoms with Crippen molar-refractivity contribution in [1.82, 2.24) is 10.2 Å². The van der Waals surface area contributed by atoms with E-state index in [0.717, 1.165) is 8.66 Å². The van der Waals surface area contributed by atoms with Crippen LogP contribution in [0, 0.1) is 0 Å². The highest BCUT2D eigenvalue weighted by Crippen LogP contribution is 2.20. The van der Waals surface area contributed by atoms with Gasteiger partial charge in [-0.25, -0.2) is 5.10 Å². The first-order chi connectivity index (χ1) is 8.16. The Morgan fingerprint density at radius 3 is 3.12 bits per heavy atom. The van der Waals surface area contributed by atoms with E-state index in [0.29, 0.717) is 5.69 Å². The van der Waals surface area contributed by atoms with Crippen molar-refractivity contribution in [3.63, 3.8) is 0 Å². The van der Waals surface area contributed by atoms with Crippen LogP contribution in [0.3, 0.4) is 0 Å². The number of rotatable bonds is 3. The lowest BCUT2D eigenvalue weighted by molar-refractivity contribution is 0.987. The summed E-state index contributed by atoms with van der Waals surface area (Å²) in [5.41, 5.74) is 2.57. The van der Waals surface area contributed by atoms with Crippen LogP contribution in [0.25, 0.3) is 0 Å². The maximum absolute atomic E-state index is 11.1. The minimum atomic E-state index is -0.453. The molecule has 8 heteroatoms. The maximum atomic E-state index is 11.1. The molecule has 0 unspecified atom stereocenters. The predicted octanol–water partition coefficient (Wildman–Crippen LogP) is 2.69. The molecular weight excluding hydrogens is 328 g/mol. The third-order valence-electron chi connectivity index (χ3n) is 1.77. The Morgan fingerprint density at radius 2 is 2.41 bits per heavy atom. The van der Waals surface area contributed by atoms with E-state index in [4.69, 9.17) is 11.6 Å². The van der Waals surface area contributed by atoms with E-state index in [1.807, 2.05) is 12.1 Å². The number of aromatic nitrogens is 2. The van der Waals surface area contributed by atoms with Crippen molar-refractivity contribution in [3.05, 3.63) is 42.4 Å². The fourth-order valence-corrected chi connectivity index (χ4v) is 2.45. The topological polar surface area (TPSA) is 70.1 Å². The van der Waals surface area contributed by atoms with Crippen LogP contribution in [0.5, 0.6) is 0 Å². The van der Waals surface area contributed by atoms with Crippen LogP contribution in [0.15, 0.2) is 32.0 Å². The molecule has 0 aliphatic rings. The Labute approximate surface area is 114 Å². The number of H-pyrrole nitrogens is 1. The second-order valence-electron chi connectivity index (χ2n) is 2.94. The average molecular weight is 334 g/mol.